The molecule has 0 aliphatic carbocycles. The molecule has 0 saturated heterocycles. The maximum absolute atomic E-state index is 13.3. The third-order valence-electron chi connectivity index (χ3n) is 4.51. The van der Waals surface area contributed by atoms with Gasteiger partial charge in [-0.25, -0.2) is 9.07 Å². The number of benzene rings is 2. The standard InChI is InChI=1S/C22H24FN3O/c1-3-4-8-15-24-16(2)20-21(17-9-6-5-7-10-17)25-26(22(20)27)19-13-11-18(23)12-14-19/h5-7,9-14,25H,3-4,8,15H2,1-2H3. The lowest BCUT2D eigenvalue weighted by Gasteiger charge is -2.03. The minimum absolute atomic E-state index is 0.183. The SMILES string of the molecule is CCCCCN=C(C)c1c(-c2ccccc2)[nH]n(-c2ccc(F)cc2)c1=O. The molecular formula is C22H24FN3O. The molecule has 0 aliphatic heterocycles. The Hall–Kier alpha value is -2.95. The molecule has 2 aromatic carbocycles. The molecule has 0 radical (unpaired) electrons. The molecule has 0 aliphatic rings. The molecule has 3 aromatic rings. The highest BCUT2D eigenvalue weighted by atomic mass is 19.1. The lowest BCUT2D eigenvalue weighted by molar-refractivity contribution is 0.627. The Morgan fingerprint density at radius 2 is 1.78 bits per heavy atom. The first-order valence-corrected chi connectivity index (χ1v) is 9.29. The van der Waals surface area contributed by atoms with E-state index < -0.39 is 0 Å². The van der Waals surface area contributed by atoms with Gasteiger partial charge in [0.25, 0.3) is 5.56 Å². The number of halogens is 1. The van der Waals surface area contributed by atoms with Crippen LogP contribution in [-0.4, -0.2) is 22.0 Å². The molecule has 1 heterocycles. The van der Waals surface area contributed by atoms with E-state index in [0.717, 1.165) is 30.5 Å². The molecule has 0 unspecified atom stereocenters. The quantitative estimate of drug-likeness (QED) is 0.466. The van der Waals surface area contributed by atoms with E-state index in [1.54, 1.807) is 12.1 Å². The fourth-order valence-electron chi connectivity index (χ4n) is 3.05. The van der Waals surface area contributed by atoms with Crippen LogP contribution in [0.3, 0.4) is 0 Å². The lowest BCUT2D eigenvalue weighted by Crippen LogP contribution is -2.19. The number of H-pyrrole nitrogens is 1. The molecule has 1 aromatic heterocycles. The van der Waals surface area contributed by atoms with Crippen LogP contribution in [0, 0.1) is 5.82 Å². The van der Waals surface area contributed by atoms with Crippen LogP contribution in [0.15, 0.2) is 64.4 Å². The summed E-state index contributed by atoms with van der Waals surface area (Å²) < 4.78 is 14.7. The molecule has 0 fully saturated rings. The average molecular weight is 365 g/mol. The highest BCUT2D eigenvalue weighted by Crippen LogP contribution is 2.21. The zero-order valence-corrected chi connectivity index (χ0v) is 15.7. The number of unbranched alkanes of at least 4 members (excludes halogenated alkanes) is 2. The van der Waals surface area contributed by atoms with Crippen LogP contribution in [0.25, 0.3) is 16.9 Å². The van der Waals surface area contributed by atoms with Crippen molar-refractivity contribution in [3.8, 4) is 16.9 Å². The molecule has 0 spiro atoms. The van der Waals surface area contributed by atoms with E-state index in [1.807, 2.05) is 37.3 Å². The van der Waals surface area contributed by atoms with Crippen molar-refractivity contribution in [2.45, 2.75) is 33.1 Å². The summed E-state index contributed by atoms with van der Waals surface area (Å²) in [5, 5.41) is 3.19. The van der Waals surface area contributed by atoms with Gasteiger partial charge in [0.05, 0.1) is 16.9 Å². The van der Waals surface area contributed by atoms with Crippen LogP contribution in [0.2, 0.25) is 0 Å². The third-order valence-corrected chi connectivity index (χ3v) is 4.51. The van der Waals surface area contributed by atoms with Crippen LogP contribution in [0.5, 0.6) is 0 Å². The summed E-state index contributed by atoms with van der Waals surface area (Å²) in [7, 11) is 0. The zero-order chi connectivity index (χ0) is 19.2. The molecule has 0 bridgehead atoms. The zero-order valence-electron chi connectivity index (χ0n) is 15.7. The molecule has 1 N–H and O–H groups in total. The molecule has 5 heteroatoms. The van der Waals surface area contributed by atoms with Gasteiger partial charge in [0.2, 0.25) is 0 Å². The van der Waals surface area contributed by atoms with Gasteiger partial charge < -0.3 is 0 Å². The molecule has 27 heavy (non-hydrogen) atoms. The van der Waals surface area contributed by atoms with Gasteiger partial charge in [0, 0.05) is 17.8 Å². The van der Waals surface area contributed by atoms with Crippen molar-refractivity contribution in [3.05, 3.63) is 76.3 Å². The number of aromatic amines is 1. The van der Waals surface area contributed by atoms with E-state index in [0.29, 0.717) is 23.5 Å². The smallest absolute Gasteiger partial charge is 0.280 e. The number of nitrogens with zero attached hydrogens (tertiary/aromatic N) is 2. The number of aromatic nitrogens is 2. The van der Waals surface area contributed by atoms with E-state index in [1.165, 1.54) is 16.8 Å². The van der Waals surface area contributed by atoms with Crippen LogP contribution >= 0.6 is 0 Å². The molecule has 0 amide bonds. The monoisotopic (exact) mass is 365 g/mol. The summed E-state index contributed by atoms with van der Waals surface area (Å²) >= 11 is 0. The number of aliphatic imine (C=N–C) groups is 1. The lowest BCUT2D eigenvalue weighted by atomic mass is 10.1. The number of hydrogen-bond acceptors (Lipinski definition) is 2. The Balaban J connectivity index is 2.09. The fourth-order valence-corrected chi connectivity index (χ4v) is 3.05. The maximum Gasteiger partial charge on any atom is 0.280 e. The Kier molecular flexibility index (Phi) is 6.01. The van der Waals surface area contributed by atoms with Gasteiger partial charge in [-0.1, -0.05) is 50.1 Å². The Labute approximate surface area is 158 Å². The van der Waals surface area contributed by atoms with Crippen LogP contribution in [0.4, 0.5) is 4.39 Å². The second kappa shape index (κ2) is 8.62. The Bertz CT molecular complexity index is 969. The Morgan fingerprint density at radius 1 is 1.07 bits per heavy atom. The minimum Gasteiger partial charge on any atom is -0.290 e. The van der Waals surface area contributed by atoms with Gasteiger partial charge in [-0.3, -0.25) is 14.9 Å². The third kappa shape index (κ3) is 4.25. The van der Waals surface area contributed by atoms with Crippen molar-refractivity contribution in [2.24, 2.45) is 4.99 Å². The second-order valence-corrected chi connectivity index (χ2v) is 6.52. The number of rotatable bonds is 7. The van der Waals surface area contributed by atoms with E-state index in [-0.39, 0.29) is 11.4 Å². The number of nitrogens with one attached hydrogen (secondary N) is 1. The normalized spacial score (nSPS) is 11.7. The fraction of sp³-hybridized carbons (Fsp3) is 0.273. The van der Waals surface area contributed by atoms with Gasteiger partial charge in [0.15, 0.2) is 0 Å². The van der Waals surface area contributed by atoms with Crippen LogP contribution < -0.4 is 5.56 Å². The maximum atomic E-state index is 13.3. The summed E-state index contributed by atoms with van der Waals surface area (Å²) in [6.07, 6.45) is 3.26. The van der Waals surface area contributed by atoms with Crippen molar-refractivity contribution in [2.75, 3.05) is 6.54 Å². The summed E-state index contributed by atoms with van der Waals surface area (Å²) in [5.74, 6) is -0.337. The number of hydrogen-bond donors (Lipinski definition) is 1. The van der Waals surface area contributed by atoms with Gasteiger partial charge in [-0.05, 0) is 37.6 Å². The molecule has 4 nitrogen and oxygen atoms in total. The van der Waals surface area contributed by atoms with E-state index >= 15 is 0 Å². The molecular weight excluding hydrogens is 341 g/mol. The first-order valence-electron chi connectivity index (χ1n) is 9.29. The summed E-state index contributed by atoms with van der Waals surface area (Å²) in [4.78, 5) is 17.8. The topological polar surface area (TPSA) is 50.1 Å². The van der Waals surface area contributed by atoms with Crippen molar-refractivity contribution < 1.29 is 4.39 Å². The Morgan fingerprint density at radius 3 is 2.44 bits per heavy atom. The van der Waals surface area contributed by atoms with Gasteiger partial charge >= 0.3 is 0 Å². The minimum atomic E-state index is -0.337. The average Bonchev–Trinajstić information content (AvgIpc) is 3.04. The van der Waals surface area contributed by atoms with E-state index in [9.17, 15) is 9.18 Å². The van der Waals surface area contributed by atoms with Gasteiger partial charge in [-0.2, -0.15) is 0 Å². The summed E-state index contributed by atoms with van der Waals surface area (Å²) in [6, 6.07) is 15.6. The predicted octanol–water partition coefficient (Wildman–Crippen LogP) is 4.97. The van der Waals surface area contributed by atoms with Gasteiger partial charge in [0.1, 0.15) is 5.82 Å². The van der Waals surface area contributed by atoms with Crippen LogP contribution in [0.1, 0.15) is 38.7 Å². The van der Waals surface area contributed by atoms with Crippen LogP contribution in [-0.2, 0) is 0 Å². The van der Waals surface area contributed by atoms with E-state index in [2.05, 4.69) is 17.0 Å². The molecule has 0 saturated carbocycles. The predicted molar refractivity (Wildman–Crippen MR) is 108 cm³/mol. The van der Waals surface area contributed by atoms with Crippen molar-refractivity contribution in [3.63, 3.8) is 0 Å². The molecule has 140 valence electrons. The summed E-state index contributed by atoms with van der Waals surface area (Å²) in [6.45, 7) is 4.73. The molecule has 3 rings (SSSR count). The van der Waals surface area contributed by atoms with Crippen molar-refractivity contribution in [1.29, 1.82) is 0 Å². The highest BCUT2D eigenvalue weighted by Gasteiger charge is 2.19. The molecule has 0 atom stereocenters. The second-order valence-electron chi connectivity index (χ2n) is 6.52. The first kappa shape index (κ1) is 18.8. The highest BCUT2D eigenvalue weighted by molar-refractivity contribution is 6.03. The summed E-state index contributed by atoms with van der Waals surface area (Å²) in [5.41, 5.74) is 3.31. The first-order chi connectivity index (χ1) is 13.1. The van der Waals surface area contributed by atoms with Gasteiger partial charge in [-0.15, -0.1) is 0 Å². The van der Waals surface area contributed by atoms with Crippen molar-refractivity contribution >= 4 is 5.71 Å². The van der Waals surface area contributed by atoms with Crippen molar-refractivity contribution in [1.82, 2.24) is 9.78 Å². The van der Waals surface area contributed by atoms with E-state index in [4.69, 9.17) is 0 Å². The largest absolute Gasteiger partial charge is 0.290 e.